The molecule has 2 atom stereocenters. The fourth-order valence-corrected chi connectivity index (χ4v) is 1.96. The zero-order chi connectivity index (χ0) is 15.1. The summed E-state index contributed by atoms with van der Waals surface area (Å²) < 4.78 is 0. The first kappa shape index (κ1) is 16.5. The molecule has 1 rings (SSSR count). The van der Waals surface area contributed by atoms with Gasteiger partial charge in [-0.05, 0) is 36.5 Å². The van der Waals surface area contributed by atoms with E-state index in [1.807, 2.05) is 13.8 Å². The van der Waals surface area contributed by atoms with Crippen LogP contribution in [0.1, 0.15) is 25.8 Å². The lowest BCUT2D eigenvalue weighted by molar-refractivity contribution is -0.122. The number of carbonyl (C=O) groups excluding carboxylic acids is 1. The van der Waals surface area contributed by atoms with E-state index in [9.17, 15) is 15.0 Å². The number of nitrogens with one attached hydrogen (secondary N) is 1. The molecule has 20 heavy (non-hydrogen) atoms. The van der Waals surface area contributed by atoms with E-state index in [-0.39, 0.29) is 18.2 Å². The molecule has 0 saturated carbocycles. The third-order valence-electron chi connectivity index (χ3n) is 2.98. The minimum absolute atomic E-state index is 0.184. The van der Waals surface area contributed by atoms with Crippen molar-refractivity contribution in [1.29, 1.82) is 0 Å². The lowest BCUT2D eigenvalue weighted by Crippen LogP contribution is -2.44. The summed E-state index contributed by atoms with van der Waals surface area (Å²) in [6, 6.07) is 5.93. The smallest absolute Gasteiger partial charge is 0.237 e. The number of phenolic OH excluding ortho intramolecular Hbond substituents is 1. The Labute approximate surface area is 119 Å². The van der Waals surface area contributed by atoms with E-state index in [1.54, 1.807) is 24.3 Å². The Kier molecular flexibility index (Phi) is 6.48. The van der Waals surface area contributed by atoms with Crippen molar-refractivity contribution in [2.24, 2.45) is 11.7 Å². The summed E-state index contributed by atoms with van der Waals surface area (Å²) in [4.78, 5) is 11.8. The van der Waals surface area contributed by atoms with Crippen LogP contribution in [-0.2, 0) is 11.2 Å². The molecule has 0 spiro atoms. The molecule has 0 aromatic heterocycles. The van der Waals surface area contributed by atoms with Gasteiger partial charge in [0.25, 0.3) is 0 Å². The molecule has 0 aliphatic heterocycles. The number of aromatic hydroxyl groups is 1. The summed E-state index contributed by atoms with van der Waals surface area (Å²) in [6.45, 7) is 4.25. The summed E-state index contributed by atoms with van der Waals surface area (Å²) in [5, 5.41) is 21.5. The third kappa shape index (κ3) is 6.04. The molecule has 1 amide bonds. The number of aliphatic hydroxyl groups is 1. The fourth-order valence-electron chi connectivity index (χ4n) is 1.96. The van der Waals surface area contributed by atoms with Crippen LogP contribution in [0, 0.1) is 5.92 Å². The first-order valence-corrected chi connectivity index (χ1v) is 6.87. The topological polar surface area (TPSA) is 95.6 Å². The molecular formula is C15H24N2O3. The second-order valence-electron chi connectivity index (χ2n) is 5.51. The Morgan fingerprint density at radius 3 is 2.45 bits per heavy atom. The first-order chi connectivity index (χ1) is 9.38. The Morgan fingerprint density at radius 2 is 1.90 bits per heavy atom. The lowest BCUT2D eigenvalue weighted by atomic mass is 10.0. The molecule has 112 valence electrons. The third-order valence-corrected chi connectivity index (χ3v) is 2.98. The van der Waals surface area contributed by atoms with E-state index in [1.165, 1.54) is 0 Å². The monoisotopic (exact) mass is 280 g/mol. The quantitative estimate of drug-likeness (QED) is 0.593. The number of nitrogens with two attached hydrogens (primary N) is 1. The van der Waals surface area contributed by atoms with Gasteiger partial charge in [0, 0.05) is 6.54 Å². The van der Waals surface area contributed by atoms with Gasteiger partial charge in [-0.3, -0.25) is 4.79 Å². The van der Waals surface area contributed by atoms with E-state index in [0.29, 0.717) is 18.8 Å². The number of amides is 1. The molecule has 1 unspecified atom stereocenters. The van der Waals surface area contributed by atoms with Crippen molar-refractivity contribution in [3.8, 4) is 5.75 Å². The standard InChI is InChI=1S/C15H24N2O3/c1-10(2)7-13(19)9-17-15(20)14(16)8-11-3-5-12(18)6-4-11/h3-6,10,13-14,18-19H,7-9,16H2,1-2H3,(H,17,20)/t13?,14-/m0/s1. The van der Waals surface area contributed by atoms with Gasteiger partial charge < -0.3 is 21.3 Å². The predicted molar refractivity (Wildman–Crippen MR) is 78.3 cm³/mol. The zero-order valence-electron chi connectivity index (χ0n) is 12.0. The van der Waals surface area contributed by atoms with Gasteiger partial charge in [-0.15, -0.1) is 0 Å². The van der Waals surface area contributed by atoms with Crippen LogP contribution in [0.25, 0.3) is 0 Å². The van der Waals surface area contributed by atoms with Crippen molar-refractivity contribution in [3.05, 3.63) is 29.8 Å². The molecule has 0 radical (unpaired) electrons. The summed E-state index contributed by atoms with van der Waals surface area (Å²) in [7, 11) is 0. The predicted octanol–water partition coefficient (Wildman–Crippen LogP) is 0.785. The average molecular weight is 280 g/mol. The maximum atomic E-state index is 11.8. The van der Waals surface area contributed by atoms with Crippen molar-refractivity contribution < 1.29 is 15.0 Å². The second-order valence-corrected chi connectivity index (χ2v) is 5.51. The maximum Gasteiger partial charge on any atom is 0.237 e. The number of aliphatic hydroxyl groups excluding tert-OH is 1. The Bertz CT molecular complexity index is 418. The molecule has 1 aromatic carbocycles. The Morgan fingerprint density at radius 1 is 1.30 bits per heavy atom. The highest BCUT2D eigenvalue weighted by Gasteiger charge is 2.15. The van der Waals surface area contributed by atoms with Gasteiger partial charge in [0.05, 0.1) is 12.1 Å². The molecule has 0 aliphatic carbocycles. The highest BCUT2D eigenvalue weighted by molar-refractivity contribution is 5.81. The van der Waals surface area contributed by atoms with Gasteiger partial charge in [0.1, 0.15) is 5.75 Å². The van der Waals surface area contributed by atoms with Gasteiger partial charge in [-0.25, -0.2) is 0 Å². The van der Waals surface area contributed by atoms with E-state index in [4.69, 9.17) is 5.73 Å². The normalized spacial score (nSPS) is 14.1. The summed E-state index contributed by atoms with van der Waals surface area (Å²) in [5.74, 6) is 0.289. The molecule has 0 saturated heterocycles. The number of hydrogen-bond donors (Lipinski definition) is 4. The zero-order valence-corrected chi connectivity index (χ0v) is 12.0. The number of carbonyl (C=O) groups is 1. The molecule has 0 heterocycles. The van der Waals surface area contributed by atoms with Crippen LogP contribution in [0.2, 0.25) is 0 Å². The van der Waals surface area contributed by atoms with Gasteiger partial charge in [-0.2, -0.15) is 0 Å². The van der Waals surface area contributed by atoms with Crippen molar-refractivity contribution in [3.63, 3.8) is 0 Å². The SMILES string of the molecule is CC(C)CC(O)CNC(=O)[C@@H](N)Cc1ccc(O)cc1. The van der Waals surface area contributed by atoms with Gasteiger partial charge >= 0.3 is 0 Å². The van der Waals surface area contributed by atoms with Crippen LogP contribution in [0.15, 0.2) is 24.3 Å². The lowest BCUT2D eigenvalue weighted by Gasteiger charge is -2.16. The molecule has 1 aromatic rings. The molecular weight excluding hydrogens is 256 g/mol. The maximum absolute atomic E-state index is 11.8. The van der Waals surface area contributed by atoms with Crippen molar-refractivity contribution in [2.75, 3.05) is 6.54 Å². The van der Waals surface area contributed by atoms with Gasteiger partial charge in [-0.1, -0.05) is 26.0 Å². The largest absolute Gasteiger partial charge is 0.508 e. The molecule has 5 N–H and O–H groups in total. The Balaban J connectivity index is 2.37. The van der Waals surface area contributed by atoms with Crippen LogP contribution >= 0.6 is 0 Å². The molecule has 0 aliphatic rings. The van der Waals surface area contributed by atoms with Crippen LogP contribution in [0.5, 0.6) is 5.75 Å². The van der Waals surface area contributed by atoms with Crippen molar-refractivity contribution >= 4 is 5.91 Å². The second kappa shape index (κ2) is 7.87. The number of benzene rings is 1. The molecule has 5 nitrogen and oxygen atoms in total. The average Bonchev–Trinajstić information content (AvgIpc) is 2.37. The van der Waals surface area contributed by atoms with Crippen LogP contribution in [-0.4, -0.2) is 34.8 Å². The molecule has 5 heteroatoms. The summed E-state index contributed by atoms with van der Waals surface area (Å²) in [5.41, 5.74) is 6.70. The van der Waals surface area contributed by atoms with Gasteiger partial charge in [0.15, 0.2) is 0 Å². The molecule has 0 fully saturated rings. The van der Waals surface area contributed by atoms with Crippen LogP contribution in [0.4, 0.5) is 0 Å². The Hall–Kier alpha value is -1.59. The van der Waals surface area contributed by atoms with Crippen molar-refractivity contribution in [2.45, 2.75) is 38.8 Å². The summed E-state index contributed by atoms with van der Waals surface area (Å²) >= 11 is 0. The van der Waals surface area contributed by atoms with E-state index in [0.717, 1.165) is 5.56 Å². The van der Waals surface area contributed by atoms with E-state index >= 15 is 0 Å². The number of rotatable bonds is 7. The summed E-state index contributed by atoms with van der Waals surface area (Å²) in [6.07, 6.45) is 0.500. The minimum Gasteiger partial charge on any atom is -0.508 e. The first-order valence-electron chi connectivity index (χ1n) is 6.87. The fraction of sp³-hybridized carbons (Fsp3) is 0.533. The van der Waals surface area contributed by atoms with Crippen LogP contribution in [0.3, 0.4) is 0 Å². The van der Waals surface area contributed by atoms with E-state index in [2.05, 4.69) is 5.32 Å². The van der Waals surface area contributed by atoms with Crippen LogP contribution < -0.4 is 11.1 Å². The number of hydrogen-bond acceptors (Lipinski definition) is 4. The number of phenols is 1. The highest BCUT2D eigenvalue weighted by Crippen LogP contribution is 2.11. The van der Waals surface area contributed by atoms with Gasteiger partial charge in [0.2, 0.25) is 5.91 Å². The highest BCUT2D eigenvalue weighted by atomic mass is 16.3. The minimum atomic E-state index is -0.661. The molecule has 0 bridgehead atoms. The van der Waals surface area contributed by atoms with Crippen molar-refractivity contribution in [1.82, 2.24) is 5.32 Å². The van der Waals surface area contributed by atoms with E-state index < -0.39 is 12.1 Å².